The Balaban J connectivity index is 3.38. The van der Waals surface area contributed by atoms with Crippen molar-refractivity contribution < 1.29 is 18.8 Å². The fourth-order valence-electron chi connectivity index (χ4n) is 1.08. The van der Waals surface area contributed by atoms with E-state index < -0.39 is 28.3 Å². The van der Waals surface area contributed by atoms with Crippen molar-refractivity contribution in [3.05, 3.63) is 33.4 Å². The van der Waals surface area contributed by atoms with Crippen molar-refractivity contribution in [3.8, 4) is 5.75 Å². The molecule has 0 spiro atoms. The minimum atomic E-state index is -2.98. The summed E-state index contributed by atoms with van der Waals surface area (Å²) in [5.41, 5.74) is -1.38. The molecule has 1 aromatic carbocycles. The summed E-state index contributed by atoms with van der Waals surface area (Å²) in [6.45, 7) is 0. The highest BCUT2D eigenvalue weighted by molar-refractivity contribution is 6.17. The van der Waals surface area contributed by atoms with Gasteiger partial charge in [0.05, 0.1) is 16.4 Å². The van der Waals surface area contributed by atoms with Gasteiger partial charge in [-0.25, -0.2) is 8.78 Å². The average molecular weight is 238 g/mol. The van der Waals surface area contributed by atoms with Gasteiger partial charge in [0.25, 0.3) is 12.1 Å². The molecule has 0 heterocycles. The highest BCUT2D eigenvalue weighted by Gasteiger charge is 2.21. The Morgan fingerprint density at radius 2 is 2.13 bits per heavy atom. The second kappa shape index (κ2) is 4.39. The summed E-state index contributed by atoms with van der Waals surface area (Å²) >= 11 is 5.36. The largest absolute Gasteiger partial charge is 0.507 e. The van der Waals surface area contributed by atoms with Crippen LogP contribution in [-0.4, -0.2) is 10.0 Å². The van der Waals surface area contributed by atoms with Crippen molar-refractivity contribution in [1.82, 2.24) is 0 Å². The van der Waals surface area contributed by atoms with E-state index in [2.05, 4.69) is 0 Å². The van der Waals surface area contributed by atoms with E-state index in [0.29, 0.717) is 6.07 Å². The Hall–Kier alpha value is -1.43. The molecule has 15 heavy (non-hydrogen) atoms. The lowest BCUT2D eigenvalue weighted by Crippen LogP contribution is -1.95. The molecule has 0 aliphatic heterocycles. The molecule has 0 unspecified atom stereocenters. The summed E-state index contributed by atoms with van der Waals surface area (Å²) in [4.78, 5) is 9.57. The van der Waals surface area contributed by atoms with Crippen LogP contribution in [0, 0.1) is 10.1 Å². The number of nitrogens with zero attached hydrogens (tertiary/aromatic N) is 1. The lowest BCUT2D eigenvalue weighted by Gasteiger charge is -2.06. The number of halogens is 3. The monoisotopic (exact) mass is 237 g/mol. The first-order valence-electron chi connectivity index (χ1n) is 3.81. The Bertz CT molecular complexity index is 398. The van der Waals surface area contributed by atoms with Gasteiger partial charge in [0.2, 0.25) is 0 Å². The predicted octanol–water partition coefficient (Wildman–Crippen LogP) is 2.98. The lowest BCUT2D eigenvalue weighted by molar-refractivity contribution is -0.385. The van der Waals surface area contributed by atoms with Gasteiger partial charge >= 0.3 is 0 Å². The number of aromatic hydroxyl groups is 1. The van der Waals surface area contributed by atoms with Gasteiger partial charge in [0.1, 0.15) is 5.75 Å². The topological polar surface area (TPSA) is 63.4 Å². The van der Waals surface area contributed by atoms with Gasteiger partial charge < -0.3 is 5.11 Å². The third-order valence-corrected chi connectivity index (χ3v) is 2.08. The first-order chi connectivity index (χ1) is 6.97. The molecule has 1 rings (SSSR count). The van der Waals surface area contributed by atoms with Crippen molar-refractivity contribution in [2.24, 2.45) is 0 Å². The first-order valence-corrected chi connectivity index (χ1v) is 4.35. The molecular weight excluding hydrogens is 232 g/mol. The fraction of sp³-hybridized carbons (Fsp3) is 0.250. The van der Waals surface area contributed by atoms with E-state index in [1.165, 1.54) is 0 Å². The molecule has 0 amide bonds. The minimum absolute atomic E-state index is 0.0823. The molecule has 4 nitrogen and oxygen atoms in total. The van der Waals surface area contributed by atoms with Gasteiger partial charge in [-0.05, 0) is 0 Å². The molecule has 7 heteroatoms. The van der Waals surface area contributed by atoms with Crippen LogP contribution in [0.1, 0.15) is 17.6 Å². The molecule has 0 aliphatic carbocycles. The highest BCUT2D eigenvalue weighted by Crippen LogP contribution is 2.35. The molecule has 0 atom stereocenters. The van der Waals surface area contributed by atoms with Gasteiger partial charge in [-0.3, -0.25) is 10.1 Å². The summed E-state index contributed by atoms with van der Waals surface area (Å²) in [6.07, 6.45) is -2.98. The van der Waals surface area contributed by atoms with E-state index in [4.69, 9.17) is 11.6 Å². The average Bonchev–Trinajstić information content (AvgIpc) is 2.17. The van der Waals surface area contributed by atoms with Crippen LogP contribution in [0.5, 0.6) is 5.75 Å². The van der Waals surface area contributed by atoms with E-state index in [-0.39, 0.29) is 11.4 Å². The van der Waals surface area contributed by atoms with Crippen LogP contribution in [0.3, 0.4) is 0 Å². The van der Waals surface area contributed by atoms with Crippen molar-refractivity contribution in [2.75, 3.05) is 0 Å². The second-order valence-corrected chi connectivity index (χ2v) is 3.00. The van der Waals surface area contributed by atoms with E-state index in [1.807, 2.05) is 0 Å². The number of nitro groups is 1. The molecule has 0 aromatic heterocycles. The van der Waals surface area contributed by atoms with E-state index >= 15 is 0 Å². The maximum atomic E-state index is 12.4. The maximum absolute atomic E-state index is 12.4. The normalized spacial score (nSPS) is 10.7. The van der Waals surface area contributed by atoms with Gasteiger partial charge in [-0.1, -0.05) is 0 Å². The molecule has 0 saturated heterocycles. The van der Waals surface area contributed by atoms with Crippen LogP contribution in [0.2, 0.25) is 0 Å². The molecule has 0 radical (unpaired) electrons. The second-order valence-electron chi connectivity index (χ2n) is 2.73. The highest BCUT2D eigenvalue weighted by atomic mass is 35.5. The number of phenols is 1. The summed E-state index contributed by atoms with van der Waals surface area (Å²) < 4.78 is 24.7. The van der Waals surface area contributed by atoms with Crippen LogP contribution in [-0.2, 0) is 5.88 Å². The molecule has 82 valence electrons. The predicted molar refractivity (Wildman–Crippen MR) is 49.3 cm³/mol. The van der Waals surface area contributed by atoms with E-state index in [9.17, 15) is 24.0 Å². The van der Waals surface area contributed by atoms with Gasteiger partial charge in [0, 0.05) is 17.7 Å². The first kappa shape index (κ1) is 11.6. The van der Waals surface area contributed by atoms with Crippen LogP contribution >= 0.6 is 11.6 Å². The maximum Gasteiger partial charge on any atom is 0.270 e. The summed E-state index contributed by atoms with van der Waals surface area (Å²) in [5, 5.41) is 19.7. The number of nitro benzene ring substituents is 1. The van der Waals surface area contributed by atoms with Crippen molar-refractivity contribution >= 4 is 17.3 Å². The van der Waals surface area contributed by atoms with Gasteiger partial charge in [-0.15, -0.1) is 11.6 Å². The zero-order valence-electron chi connectivity index (χ0n) is 7.28. The standard InChI is InChI=1S/C8H6ClF2NO3/c9-3-4-1-5(12(14)15)2-6(7(4)13)8(10)11/h1-2,8,13H,3H2. The SMILES string of the molecule is O=[N+]([O-])c1cc(CCl)c(O)c(C(F)F)c1. The van der Waals surface area contributed by atoms with E-state index in [1.54, 1.807) is 0 Å². The Morgan fingerprint density at radius 3 is 2.53 bits per heavy atom. The molecule has 0 aliphatic rings. The third-order valence-electron chi connectivity index (χ3n) is 1.79. The number of phenolic OH excluding ortho intramolecular Hbond substituents is 1. The molecular formula is C8H6ClF2NO3. The van der Waals surface area contributed by atoms with Crippen molar-refractivity contribution in [2.45, 2.75) is 12.3 Å². The van der Waals surface area contributed by atoms with Crippen molar-refractivity contribution in [1.29, 1.82) is 0 Å². The van der Waals surface area contributed by atoms with Crippen LogP contribution in [0.4, 0.5) is 14.5 Å². The third kappa shape index (κ3) is 2.33. The quantitative estimate of drug-likeness (QED) is 0.499. The smallest absolute Gasteiger partial charge is 0.270 e. The summed E-state index contributed by atoms with van der Waals surface area (Å²) in [7, 11) is 0. The fourth-order valence-corrected chi connectivity index (χ4v) is 1.28. The van der Waals surface area contributed by atoms with Crippen LogP contribution in [0.15, 0.2) is 12.1 Å². The number of alkyl halides is 3. The Kier molecular flexibility index (Phi) is 3.41. The summed E-state index contributed by atoms with van der Waals surface area (Å²) in [6, 6.07) is 1.60. The lowest BCUT2D eigenvalue weighted by atomic mass is 10.1. The zero-order valence-corrected chi connectivity index (χ0v) is 8.04. The van der Waals surface area contributed by atoms with Crippen LogP contribution < -0.4 is 0 Å². The molecule has 1 N–H and O–H groups in total. The Labute approximate surface area is 88.2 Å². The number of hydrogen-bond acceptors (Lipinski definition) is 3. The number of hydrogen-bond donors (Lipinski definition) is 1. The number of non-ortho nitro benzene ring substituents is 1. The molecule has 1 aromatic rings. The summed E-state index contributed by atoms with van der Waals surface area (Å²) in [5.74, 6) is -0.960. The Morgan fingerprint density at radius 1 is 1.53 bits per heavy atom. The molecule has 0 saturated carbocycles. The number of rotatable bonds is 3. The minimum Gasteiger partial charge on any atom is -0.507 e. The van der Waals surface area contributed by atoms with E-state index in [0.717, 1.165) is 6.07 Å². The van der Waals surface area contributed by atoms with Crippen molar-refractivity contribution in [3.63, 3.8) is 0 Å². The van der Waals surface area contributed by atoms with Gasteiger partial charge in [-0.2, -0.15) is 0 Å². The zero-order chi connectivity index (χ0) is 11.6. The van der Waals surface area contributed by atoms with Gasteiger partial charge in [0.15, 0.2) is 0 Å². The molecule has 0 bridgehead atoms. The molecule has 0 fully saturated rings. The number of benzene rings is 1. The van der Waals surface area contributed by atoms with Crippen LogP contribution in [0.25, 0.3) is 0 Å².